The van der Waals surface area contributed by atoms with Gasteiger partial charge in [-0.05, 0) is 19.1 Å². The van der Waals surface area contributed by atoms with Crippen molar-refractivity contribution in [1.82, 2.24) is 0 Å². The number of nitro groups is 1. The molecule has 1 heterocycles. The highest BCUT2D eigenvalue weighted by molar-refractivity contribution is 5.98. The number of furan rings is 1. The summed E-state index contributed by atoms with van der Waals surface area (Å²) in [5.74, 6) is -2.59. The number of anilines is 1. The number of benzene rings is 2. The fourth-order valence-corrected chi connectivity index (χ4v) is 2.47. The Bertz CT molecular complexity index is 1060. The standard InChI is InChI=1S/C18H13FN2O6/c1-10-12-4-2-3-5-15(12)27-17(10)18(23)26-9-16(22)20-14-8-11(21(24)25)6-7-13(14)19/h2-8H,9H2,1H3,(H,20,22). The number of hydrogen-bond donors (Lipinski definition) is 1. The molecule has 0 bridgehead atoms. The number of halogens is 1. The molecule has 0 spiro atoms. The van der Waals surface area contributed by atoms with Crippen molar-refractivity contribution in [3.63, 3.8) is 0 Å². The predicted octanol–water partition coefficient (Wildman–Crippen LogP) is 3.58. The molecule has 9 heteroatoms. The number of ether oxygens (including phenoxy) is 1. The number of esters is 1. The van der Waals surface area contributed by atoms with E-state index in [1.165, 1.54) is 0 Å². The molecule has 0 fully saturated rings. The van der Waals surface area contributed by atoms with Crippen molar-refractivity contribution in [2.45, 2.75) is 6.92 Å². The highest BCUT2D eigenvalue weighted by Gasteiger charge is 2.20. The van der Waals surface area contributed by atoms with E-state index >= 15 is 0 Å². The normalized spacial score (nSPS) is 10.6. The van der Waals surface area contributed by atoms with Crippen LogP contribution in [0.5, 0.6) is 0 Å². The Morgan fingerprint density at radius 1 is 1.26 bits per heavy atom. The third-order valence-electron chi connectivity index (χ3n) is 3.80. The zero-order valence-electron chi connectivity index (χ0n) is 14.0. The number of hydrogen-bond acceptors (Lipinski definition) is 6. The lowest BCUT2D eigenvalue weighted by atomic mass is 10.1. The molecule has 0 aliphatic heterocycles. The largest absolute Gasteiger partial charge is 0.450 e. The number of aryl methyl sites for hydroxylation is 1. The molecule has 0 radical (unpaired) electrons. The molecule has 0 unspecified atom stereocenters. The smallest absolute Gasteiger partial charge is 0.375 e. The van der Waals surface area contributed by atoms with Crippen LogP contribution in [0.2, 0.25) is 0 Å². The molecule has 2 aromatic carbocycles. The summed E-state index contributed by atoms with van der Waals surface area (Å²) in [5.41, 5.74) is 0.303. The number of nitrogens with one attached hydrogen (secondary N) is 1. The number of nitrogens with zero attached hydrogens (tertiary/aromatic N) is 1. The van der Waals surface area contributed by atoms with Gasteiger partial charge in [-0.25, -0.2) is 9.18 Å². The van der Waals surface area contributed by atoms with Gasteiger partial charge < -0.3 is 14.5 Å². The Morgan fingerprint density at radius 2 is 2.00 bits per heavy atom. The minimum absolute atomic E-state index is 0.0365. The molecule has 1 N–H and O–H groups in total. The van der Waals surface area contributed by atoms with Gasteiger partial charge in [0.25, 0.3) is 11.6 Å². The minimum Gasteiger partial charge on any atom is -0.450 e. The van der Waals surface area contributed by atoms with Crippen LogP contribution in [-0.4, -0.2) is 23.4 Å². The van der Waals surface area contributed by atoms with Crippen molar-refractivity contribution in [3.8, 4) is 0 Å². The molecule has 0 saturated carbocycles. The summed E-state index contributed by atoms with van der Waals surface area (Å²) < 4.78 is 24.0. The first-order valence-electron chi connectivity index (χ1n) is 7.76. The van der Waals surface area contributed by atoms with Crippen molar-refractivity contribution < 1.29 is 28.1 Å². The van der Waals surface area contributed by atoms with Crippen LogP contribution in [0.25, 0.3) is 11.0 Å². The molecule has 138 valence electrons. The molecule has 3 aromatic rings. The number of carbonyl (C=O) groups is 2. The Kier molecular flexibility index (Phi) is 4.84. The first kappa shape index (κ1) is 18.1. The molecule has 27 heavy (non-hydrogen) atoms. The van der Waals surface area contributed by atoms with E-state index in [-0.39, 0.29) is 17.1 Å². The van der Waals surface area contributed by atoms with Crippen LogP contribution in [0.15, 0.2) is 46.9 Å². The Hall–Kier alpha value is -3.75. The molecule has 0 saturated heterocycles. The van der Waals surface area contributed by atoms with E-state index in [1.54, 1.807) is 31.2 Å². The topological polar surface area (TPSA) is 112 Å². The van der Waals surface area contributed by atoms with Crippen molar-refractivity contribution >= 4 is 34.2 Å². The van der Waals surface area contributed by atoms with Gasteiger partial charge in [0.2, 0.25) is 5.76 Å². The second-order valence-electron chi connectivity index (χ2n) is 5.60. The second-order valence-corrected chi connectivity index (χ2v) is 5.60. The molecule has 0 aliphatic rings. The quantitative estimate of drug-likeness (QED) is 0.416. The van der Waals surface area contributed by atoms with Crippen LogP contribution in [0, 0.1) is 22.9 Å². The van der Waals surface area contributed by atoms with Gasteiger partial charge in [-0.15, -0.1) is 0 Å². The highest BCUT2D eigenvalue weighted by Crippen LogP contribution is 2.25. The van der Waals surface area contributed by atoms with Crippen LogP contribution >= 0.6 is 0 Å². The first-order chi connectivity index (χ1) is 12.9. The number of nitro benzene ring substituents is 1. The lowest BCUT2D eigenvalue weighted by Gasteiger charge is -2.07. The number of fused-ring (bicyclic) bond motifs is 1. The van der Waals surface area contributed by atoms with Crippen molar-refractivity contribution in [1.29, 1.82) is 0 Å². The van der Waals surface area contributed by atoms with Crippen LogP contribution in [0.3, 0.4) is 0 Å². The van der Waals surface area contributed by atoms with Crippen LogP contribution in [0.1, 0.15) is 16.1 Å². The van der Waals surface area contributed by atoms with E-state index in [0.717, 1.165) is 23.6 Å². The molecular weight excluding hydrogens is 359 g/mol. The monoisotopic (exact) mass is 372 g/mol. The third-order valence-corrected chi connectivity index (χ3v) is 3.80. The summed E-state index contributed by atoms with van der Waals surface area (Å²) in [5, 5.41) is 13.6. The van der Waals surface area contributed by atoms with Gasteiger partial charge in [0, 0.05) is 23.1 Å². The van der Waals surface area contributed by atoms with Gasteiger partial charge in [-0.1, -0.05) is 18.2 Å². The van der Waals surface area contributed by atoms with Gasteiger partial charge in [0.15, 0.2) is 6.61 Å². The fourth-order valence-electron chi connectivity index (χ4n) is 2.47. The fraction of sp³-hybridized carbons (Fsp3) is 0.111. The van der Waals surface area contributed by atoms with Gasteiger partial charge in [0.05, 0.1) is 10.6 Å². The number of rotatable bonds is 5. The summed E-state index contributed by atoms with van der Waals surface area (Å²) in [7, 11) is 0. The van der Waals surface area contributed by atoms with E-state index in [0.29, 0.717) is 11.1 Å². The number of non-ortho nitro benzene ring substituents is 1. The summed E-state index contributed by atoms with van der Waals surface area (Å²) >= 11 is 0. The Morgan fingerprint density at radius 3 is 2.70 bits per heavy atom. The third kappa shape index (κ3) is 3.76. The van der Waals surface area contributed by atoms with E-state index < -0.39 is 29.2 Å². The molecular formula is C18H13FN2O6. The van der Waals surface area contributed by atoms with E-state index in [2.05, 4.69) is 5.32 Å². The van der Waals surface area contributed by atoms with Crippen LogP contribution in [0.4, 0.5) is 15.8 Å². The zero-order valence-corrected chi connectivity index (χ0v) is 14.0. The predicted molar refractivity (Wildman–Crippen MR) is 92.9 cm³/mol. The molecule has 0 aliphatic carbocycles. The van der Waals surface area contributed by atoms with Gasteiger partial charge in [-0.3, -0.25) is 14.9 Å². The molecule has 0 atom stereocenters. The average Bonchev–Trinajstić information content (AvgIpc) is 2.98. The van der Waals surface area contributed by atoms with Crippen molar-refractivity contribution in [3.05, 3.63) is 69.7 Å². The number of carbonyl (C=O) groups excluding carboxylic acids is 2. The van der Waals surface area contributed by atoms with Gasteiger partial charge in [-0.2, -0.15) is 0 Å². The zero-order chi connectivity index (χ0) is 19.6. The summed E-state index contributed by atoms with van der Waals surface area (Å²) in [6.07, 6.45) is 0. The van der Waals surface area contributed by atoms with E-state index in [9.17, 15) is 24.1 Å². The van der Waals surface area contributed by atoms with Gasteiger partial charge >= 0.3 is 5.97 Å². The lowest BCUT2D eigenvalue weighted by Crippen LogP contribution is -2.21. The van der Waals surface area contributed by atoms with Crippen LogP contribution in [-0.2, 0) is 9.53 Å². The molecule has 8 nitrogen and oxygen atoms in total. The maximum atomic E-state index is 13.7. The minimum atomic E-state index is -0.853. The lowest BCUT2D eigenvalue weighted by molar-refractivity contribution is -0.384. The van der Waals surface area contributed by atoms with E-state index in [1.807, 2.05) is 0 Å². The maximum Gasteiger partial charge on any atom is 0.375 e. The highest BCUT2D eigenvalue weighted by atomic mass is 19.1. The second kappa shape index (κ2) is 7.24. The average molecular weight is 372 g/mol. The van der Waals surface area contributed by atoms with Crippen molar-refractivity contribution in [2.75, 3.05) is 11.9 Å². The molecule has 1 aromatic heterocycles. The number of para-hydroxylation sites is 1. The Labute approximate surface area is 151 Å². The van der Waals surface area contributed by atoms with Crippen LogP contribution < -0.4 is 5.32 Å². The van der Waals surface area contributed by atoms with E-state index in [4.69, 9.17) is 9.15 Å². The van der Waals surface area contributed by atoms with Crippen molar-refractivity contribution in [2.24, 2.45) is 0 Å². The summed E-state index contributed by atoms with van der Waals surface area (Å²) in [6.45, 7) is 0.971. The van der Waals surface area contributed by atoms with Gasteiger partial charge in [0.1, 0.15) is 11.4 Å². The summed E-state index contributed by atoms with van der Waals surface area (Å²) in [4.78, 5) is 34.0. The number of amides is 1. The SMILES string of the molecule is Cc1c(C(=O)OCC(=O)Nc2cc([N+](=O)[O-])ccc2F)oc2ccccc12. The molecule has 1 amide bonds. The first-order valence-corrected chi connectivity index (χ1v) is 7.76. The summed E-state index contributed by atoms with van der Waals surface area (Å²) in [6, 6.07) is 9.72. The maximum absolute atomic E-state index is 13.7. The molecule has 3 rings (SSSR count). The Balaban J connectivity index is 1.67.